The first kappa shape index (κ1) is 18.3. The van der Waals surface area contributed by atoms with Crippen LogP contribution in [0, 0.1) is 5.92 Å². The third-order valence-electron chi connectivity index (χ3n) is 3.87. The van der Waals surface area contributed by atoms with Crippen molar-refractivity contribution < 1.29 is 14.6 Å². The zero-order chi connectivity index (χ0) is 17.5. The Labute approximate surface area is 147 Å². The third kappa shape index (κ3) is 5.25. The maximum absolute atomic E-state index is 12.2. The lowest BCUT2D eigenvalue weighted by molar-refractivity contribution is -0.124. The molecular weight excluding hydrogens is 326 g/mol. The molecule has 2 unspecified atom stereocenters. The molecule has 2 aromatic rings. The van der Waals surface area contributed by atoms with Gasteiger partial charge >= 0.3 is 0 Å². The zero-order valence-electron chi connectivity index (χ0n) is 13.8. The van der Waals surface area contributed by atoms with Gasteiger partial charge in [0.1, 0.15) is 5.75 Å². The molecule has 128 valence electrons. The first-order chi connectivity index (χ1) is 11.5. The summed E-state index contributed by atoms with van der Waals surface area (Å²) in [5.41, 5.74) is 1.79. The van der Waals surface area contributed by atoms with Gasteiger partial charge in [-0.3, -0.25) is 4.79 Å². The van der Waals surface area contributed by atoms with E-state index in [1.165, 1.54) is 0 Å². The monoisotopic (exact) mass is 347 g/mol. The van der Waals surface area contributed by atoms with Gasteiger partial charge in [-0.05, 0) is 41.8 Å². The number of nitrogens with one attached hydrogen (secondary N) is 1. The van der Waals surface area contributed by atoms with E-state index in [1.807, 2.05) is 31.2 Å². The van der Waals surface area contributed by atoms with Crippen molar-refractivity contribution in [2.75, 3.05) is 13.7 Å². The number of carbonyl (C=O) groups excluding carboxylic acids is 1. The van der Waals surface area contributed by atoms with Crippen LogP contribution >= 0.6 is 11.6 Å². The molecular formula is C19H22ClNO3. The van der Waals surface area contributed by atoms with Gasteiger partial charge in [0.05, 0.1) is 13.2 Å². The fraction of sp³-hybridized carbons (Fsp3) is 0.316. The molecule has 5 heteroatoms. The lowest BCUT2D eigenvalue weighted by Gasteiger charge is -2.16. The Hall–Kier alpha value is -2.04. The molecule has 1 amide bonds. The number of rotatable bonds is 7. The second-order valence-corrected chi connectivity index (χ2v) is 6.20. The van der Waals surface area contributed by atoms with Crippen LogP contribution in [0.5, 0.6) is 5.75 Å². The molecule has 2 aromatic carbocycles. The van der Waals surface area contributed by atoms with E-state index in [0.29, 0.717) is 11.4 Å². The van der Waals surface area contributed by atoms with Gasteiger partial charge in [-0.15, -0.1) is 0 Å². The van der Waals surface area contributed by atoms with E-state index in [0.717, 1.165) is 16.9 Å². The first-order valence-corrected chi connectivity index (χ1v) is 8.21. The van der Waals surface area contributed by atoms with E-state index in [-0.39, 0.29) is 18.4 Å². The van der Waals surface area contributed by atoms with Crippen LogP contribution in [-0.2, 0) is 11.2 Å². The van der Waals surface area contributed by atoms with Crippen LogP contribution in [0.2, 0.25) is 5.02 Å². The summed E-state index contributed by atoms with van der Waals surface area (Å²) in [4.78, 5) is 12.2. The number of hydrogen-bond acceptors (Lipinski definition) is 3. The lowest BCUT2D eigenvalue weighted by atomic mass is 10.00. The van der Waals surface area contributed by atoms with Gasteiger partial charge in [-0.25, -0.2) is 0 Å². The van der Waals surface area contributed by atoms with Crippen molar-refractivity contribution in [1.82, 2.24) is 5.32 Å². The van der Waals surface area contributed by atoms with E-state index >= 15 is 0 Å². The highest BCUT2D eigenvalue weighted by molar-refractivity contribution is 6.30. The molecule has 0 bridgehead atoms. The number of ether oxygens (including phenoxy) is 1. The summed E-state index contributed by atoms with van der Waals surface area (Å²) in [5.74, 6) is 0.525. The van der Waals surface area contributed by atoms with Crippen LogP contribution in [0.1, 0.15) is 24.2 Å². The van der Waals surface area contributed by atoms with Crippen LogP contribution < -0.4 is 10.1 Å². The molecule has 24 heavy (non-hydrogen) atoms. The summed E-state index contributed by atoms with van der Waals surface area (Å²) >= 11 is 5.82. The quantitative estimate of drug-likeness (QED) is 0.807. The van der Waals surface area contributed by atoms with Gasteiger partial charge in [0.25, 0.3) is 0 Å². The molecule has 2 N–H and O–H groups in total. The van der Waals surface area contributed by atoms with E-state index < -0.39 is 6.10 Å². The summed E-state index contributed by atoms with van der Waals surface area (Å²) in [5, 5.41) is 13.5. The summed E-state index contributed by atoms with van der Waals surface area (Å²) in [6.07, 6.45) is -0.119. The minimum atomic E-state index is -0.751. The molecule has 0 saturated carbocycles. The largest absolute Gasteiger partial charge is 0.497 e. The highest BCUT2D eigenvalue weighted by Crippen LogP contribution is 2.17. The Bertz CT molecular complexity index is 655. The molecule has 2 atom stereocenters. The summed E-state index contributed by atoms with van der Waals surface area (Å²) < 4.78 is 5.12. The molecule has 0 radical (unpaired) electrons. The third-order valence-corrected chi connectivity index (χ3v) is 4.12. The van der Waals surface area contributed by atoms with Crippen molar-refractivity contribution in [3.63, 3.8) is 0 Å². The predicted octanol–water partition coefficient (Wildman–Crippen LogP) is 3.38. The number of aliphatic hydroxyl groups excluding tert-OH is 1. The average molecular weight is 348 g/mol. The molecule has 0 spiro atoms. The standard InChI is InChI=1S/C19H22ClNO3/c1-13(11-14-3-9-17(24-2)10-4-14)19(23)21-12-18(22)15-5-7-16(20)8-6-15/h3-10,13,18,22H,11-12H2,1-2H3,(H,21,23). The molecule has 0 aliphatic heterocycles. The molecule has 0 heterocycles. The molecule has 0 aliphatic carbocycles. The molecule has 0 saturated heterocycles. The Morgan fingerprint density at radius 1 is 1.17 bits per heavy atom. The zero-order valence-corrected chi connectivity index (χ0v) is 14.6. The lowest BCUT2D eigenvalue weighted by Crippen LogP contribution is -2.33. The van der Waals surface area contributed by atoms with Crippen LogP contribution in [0.15, 0.2) is 48.5 Å². The van der Waals surface area contributed by atoms with Crippen LogP contribution in [0.25, 0.3) is 0 Å². The van der Waals surface area contributed by atoms with Gasteiger partial charge in [0.2, 0.25) is 5.91 Å². The number of methoxy groups -OCH3 is 1. The smallest absolute Gasteiger partial charge is 0.223 e. The van der Waals surface area contributed by atoms with E-state index in [1.54, 1.807) is 31.4 Å². The van der Waals surface area contributed by atoms with Crippen molar-refractivity contribution >= 4 is 17.5 Å². The van der Waals surface area contributed by atoms with Gasteiger partial charge in [0, 0.05) is 17.5 Å². The first-order valence-electron chi connectivity index (χ1n) is 7.83. The number of hydrogen-bond donors (Lipinski definition) is 2. The SMILES string of the molecule is COc1ccc(CC(C)C(=O)NCC(O)c2ccc(Cl)cc2)cc1. The summed E-state index contributed by atoms with van der Waals surface area (Å²) in [7, 11) is 1.62. The Morgan fingerprint density at radius 2 is 1.79 bits per heavy atom. The van der Waals surface area contributed by atoms with E-state index in [2.05, 4.69) is 5.32 Å². The molecule has 0 aliphatic rings. The van der Waals surface area contributed by atoms with Gasteiger partial charge in [0.15, 0.2) is 0 Å². The minimum Gasteiger partial charge on any atom is -0.497 e. The Balaban J connectivity index is 1.83. The van der Waals surface area contributed by atoms with Crippen LogP contribution in [0.3, 0.4) is 0 Å². The van der Waals surface area contributed by atoms with Gasteiger partial charge < -0.3 is 15.2 Å². The van der Waals surface area contributed by atoms with Gasteiger partial charge in [-0.1, -0.05) is 42.8 Å². The number of benzene rings is 2. The van der Waals surface area contributed by atoms with Crippen molar-refractivity contribution in [3.8, 4) is 5.75 Å². The predicted molar refractivity (Wildman–Crippen MR) is 95.3 cm³/mol. The van der Waals surface area contributed by atoms with E-state index in [9.17, 15) is 9.90 Å². The highest BCUT2D eigenvalue weighted by atomic mass is 35.5. The van der Waals surface area contributed by atoms with Crippen LogP contribution in [-0.4, -0.2) is 24.7 Å². The molecule has 0 fully saturated rings. The number of amides is 1. The Morgan fingerprint density at radius 3 is 2.38 bits per heavy atom. The van der Waals surface area contributed by atoms with Crippen molar-refractivity contribution in [2.24, 2.45) is 5.92 Å². The number of halogens is 1. The maximum Gasteiger partial charge on any atom is 0.223 e. The fourth-order valence-corrected chi connectivity index (χ4v) is 2.51. The fourth-order valence-electron chi connectivity index (χ4n) is 2.38. The van der Waals surface area contributed by atoms with E-state index in [4.69, 9.17) is 16.3 Å². The van der Waals surface area contributed by atoms with Crippen molar-refractivity contribution in [3.05, 3.63) is 64.7 Å². The molecule has 0 aromatic heterocycles. The summed E-state index contributed by atoms with van der Waals surface area (Å²) in [6, 6.07) is 14.6. The Kier molecular flexibility index (Phi) is 6.64. The number of carbonyl (C=O) groups is 1. The normalized spacial score (nSPS) is 13.2. The maximum atomic E-state index is 12.2. The van der Waals surface area contributed by atoms with Crippen molar-refractivity contribution in [1.29, 1.82) is 0 Å². The van der Waals surface area contributed by atoms with Gasteiger partial charge in [-0.2, -0.15) is 0 Å². The highest BCUT2D eigenvalue weighted by Gasteiger charge is 2.15. The molecule has 4 nitrogen and oxygen atoms in total. The molecule has 2 rings (SSSR count). The van der Waals surface area contributed by atoms with Crippen molar-refractivity contribution in [2.45, 2.75) is 19.4 Å². The second-order valence-electron chi connectivity index (χ2n) is 5.77. The topological polar surface area (TPSA) is 58.6 Å². The number of aliphatic hydroxyl groups is 1. The second kappa shape index (κ2) is 8.71. The summed E-state index contributed by atoms with van der Waals surface area (Å²) in [6.45, 7) is 2.04. The van der Waals surface area contributed by atoms with Crippen LogP contribution in [0.4, 0.5) is 0 Å². The minimum absolute atomic E-state index is 0.0844. The average Bonchev–Trinajstić information content (AvgIpc) is 2.60.